The fourth-order valence-corrected chi connectivity index (χ4v) is 8.18. The monoisotopic (exact) mass is 505 g/mol. The van der Waals surface area contributed by atoms with Crippen LogP contribution in [-0.4, -0.2) is 43.8 Å². The van der Waals surface area contributed by atoms with Gasteiger partial charge in [-0.05, 0) is 41.1 Å². The number of fused-ring (bicyclic) bond motifs is 2. The van der Waals surface area contributed by atoms with Gasteiger partial charge in [0.15, 0.2) is 0 Å². The maximum Gasteiger partial charge on any atom is 0.234 e. The van der Waals surface area contributed by atoms with Gasteiger partial charge in [0, 0.05) is 46.2 Å². The molecule has 4 aromatic rings. The fourth-order valence-electron chi connectivity index (χ4n) is 3.91. The Hall–Kier alpha value is -2.23. The summed E-state index contributed by atoms with van der Waals surface area (Å²) < 4.78 is 27.1. The number of halogens is 2. The van der Waals surface area contributed by atoms with Gasteiger partial charge in [0.2, 0.25) is 20.1 Å². The van der Waals surface area contributed by atoms with Crippen molar-refractivity contribution in [1.29, 1.82) is 0 Å². The summed E-state index contributed by atoms with van der Waals surface area (Å²) in [7, 11) is -4.15. The summed E-state index contributed by atoms with van der Waals surface area (Å²) in [5.74, 6) is -0.274. The number of alkyl halides is 1. The Morgan fingerprint density at radius 3 is 2.69 bits per heavy atom. The van der Waals surface area contributed by atoms with E-state index in [-0.39, 0.29) is 16.7 Å². The van der Waals surface area contributed by atoms with Crippen molar-refractivity contribution >= 4 is 71.1 Å². The predicted octanol–water partition coefficient (Wildman–Crippen LogP) is 4.36. The van der Waals surface area contributed by atoms with Gasteiger partial charge in [0.25, 0.3) is 0 Å². The smallest absolute Gasteiger partial charge is 0.234 e. The number of carbonyl (C=O) groups is 1. The zero-order valence-electron chi connectivity index (χ0n) is 16.6. The minimum Gasteiger partial charge on any atom is -0.354 e. The summed E-state index contributed by atoms with van der Waals surface area (Å²) in [5.41, 5.74) is 0.378. The SMILES string of the molecule is O=C1CN(C(Cl)(c2ccc3cnccc3c2)S(=O)(=O)c2cc3ccc(Cl)cc3s2)CCN1. The first-order valence-electron chi connectivity index (χ1n) is 9.78. The lowest BCUT2D eigenvalue weighted by atomic mass is 10.1. The van der Waals surface area contributed by atoms with Crippen molar-refractivity contribution in [2.75, 3.05) is 19.6 Å². The van der Waals surface area contributed by atoms with Crippen molar-refractivity contribution in [3.8, 4) is 0 Å². The molecule has 0 spiro atoms. The quantitative estimate of drug-likeness (QED) is 0.329. The van der Waals surface area contributed by atoms with Gasteiger partial charge in [0.05, 0.1) is 6.54 Å². The van der Waals surface area contributed by atoms with Crippen LogP contribution in [0.4, 0.5) is 0 Å². The van der Waals surface area contributed by atoms with Gasteiger partial charge >= 0.3 is 0 Å². The molecule has 5 rings (SSSR count). The number of piperazine rings is 1. The van der Waals surface area contributed by atoms with Crippen molar-refractivity contribution in [1.82, 2.24) is 15.2 Å². The number of carbonyl (C=O) groups excluding carboxylic acids is 1. The fraction of sp³-hybridized carbons (Fsp3) is 0.182. The molecule has 1 N–H and O–H groups in total. The van der Waals surface area contributed by atoms with Crippen LogP contribution in [0.1, 0.15) is 5.56 Å². The Bertz CT molecular complexity index is 1470. The number of nitrogens with zero attached hydrogens (tertiary/aromatic N) is 2. The van der Waals surface area contributed by atoms with Crippen molar-refractivity contribution < 1.29 is 13.2 Å². The molecule has 3 heterocycles. The molecule has 1 aliphatic heterocycles. The maximum atomic E-state index is 14.1. The van der Waals surface area contributed by atoms with Gasteiger partial charge < -0.3 is 5.32 Å². The van der Waals surface area contributed by atoms with E-state index in [0.717, 1.165) is 32.2 Å². The number of sulfone groups is 1. The minimum atomic E-state index is -4.15. The lowest BCUT2D eigenvalue weighted by molar-refractivity contribution is -0.124. The highest BCUT2D eigenvalue weighted by Gasteiger charge is 2.51. The molecule has 32 heavy (non-hydrogen) atoms. The lowest BCUT2D eigenvalue weighted by Crippen LogP contribution is -2.57. The highest BCUT2D eigenvalue weighted by molar-refractivity contribution is 7.95. The van der Waals surface area contributed by atoms with Crippen molar-refractivity contribution in [3.63, 3.8) is 0 Å². The summed E-state index contributed by atoms with van der Waals surface area (Å²) in [5, 5.41) is 5.69. The van der Waals surface area contributed by atoms with Gasteiger partial charge in [-0.3, -0.25) is 14.7 Å². The average Bonchev–Trinajstić information content (AvgIpc) is 3.22. The molecule has 164 valence electrons. The van der Waals surface area contributed by atoms with E-state index in [0.29, 0.717) is 23.7 Å². The maximum absolute atomic E-state index is 14.1. The second-order valence-corrected chi connectivity index (χ2v) is 12.1. The van der Waals surface area contributed by atoms with E-state index in [9.17, 15) is 13.2 Å². The van der Waals surface area contributed by atoms with E-state index in [4.69, 9.17) is 23.2 Å². The second kappa shape index (κ2) is 7.97. The summed E-state index contributed by atoms with van der Waals surface area (Å²) in [4.78, 5) is 17.8. The predicted molar refractivity (Wildman–Crippen MR) is 128 cm³/mol. The minimum absolute atomic E-state index is 0.116. The van der Waals surface area contributed by atoms with Gasteiger partial charge in [0.1, 0.15) is 4.21 Å². The standard InChI is InChI=1S/C22H17Cl2N3O3S2/c23-18-4-2-15-10-21(31-19(15)11-18)32(29,30)22(24,27-8-7-26-20(28)13-27)17-3-1-16-12-25-6-5-14(16)9-17/h1-6,9-12H,7-8,13H2,(H,26,28). The van der Waals surface area contributed by atoms with E-state index >= 15 is 0 Å². The summed E-state index contributed by atoms with van der Waals surface area (Å²) in [6.07, 6.45) is 3.34. The third kappa shape index (κ3) is 3.47. The molecule has 2 aromatic carbocycles. The Kier molecular flexibility index (Phi) is 5.38. The number of hydrogen-bond acceptors (Lipinski definition) is 6. The second-order valence-electron chi connectivity index (χ2n) is 7.52. The van der Waals surface area contributed by atoms with E-state index in [2.05, 4.69) is 10.3 Å². The molecule has 1 saturated heterocycles. The lowest BCUT2D eigenvalue weighted by Gasteiger charge is -2.40. The Morgan fingerprint density at radius 1 is 1.06 bits per heavy atom. The third-order valence-electron chi connectivity index (χ3n) is 5.52. The molecular weight excluding hydrogens is 489 g/mol. The van der Waals surface area contributed by atoms with E-state index in [1.807, 2.05) is 0 Å². The van der Waals surface area contributed by atoms with Gasteiger partial charge in [-0.1, -0.05) is 41.4 Å². The first kappa shape index (κ1) is 21.6. The number of amides is 1. The molecule has 1 unspecified atom stereocenters. The zero-order chi connectivity index (χ0) is 22.5. The van der Waals surface area contributed by atoms with Crippen LogP contribution in [0.2, 0.25) is 5.02 Å². The first-order valence-corrected chi connectivity index (χ1v) is 12.8. The molecule has 1 aliphatic rings. The van der Waals surface area contributed by atoms with Gasteiger partial charge in [-0.2, -0.15) is 0 Å². The number of pyridine rings is 1. The molecule has 1 fully saturated rings. The topological polar surface area (TPSA) is 79.4 Å². The van der Waals surface area contributed by atoms with Crippen molar-refractivity contribution in [3.05, 3.63) is 71.5 Å². The number of thiophene rings is 1. The zero-order valence-corrected chi connectivity index (χ0v) is 19.7. The number of benzene rings is 2. The van der Waals surface area contributed by atoms with Crippen LogP contribution in [-0.2, 0) is 19.0 Å². The molecule has 0 aliphatic carbocycles. The molecule has 1 amide bonds. The van der Waals surface area contributed by atoms with Crippen LogP contribution in [0.3, 0.4) is 0 Å². The Labute approximate surface area is 198 Å². The van der Waals surface area contributed by atoms with Crippen LogP contribution < -0.4 is 5.32 Å². The van der Waals surface area contributed by atoms with E-state index in [1.165, 1.54) is 4.90 Å². The highest BCUT2D eigenvalue weighted by atomic mass is 35.5. The molecule has 0 saturated carbocycles. The van der Waals surface area contributed by atoms with Crippen LogP contribution in [0.15, 0.2) is 65.1 Å². The van der Waals surface area contributed by atoms with Crippen molar-refractivity contribution in [2.45, 2.75) is 8.54 Å². The summed E-state index contributed by atoms with van der Waals surface area (Å²) >= 11 is 14.3. The van der Waals surface area contributed by atoms with Crippen molar-refractivity contribution in [2.24, 2.45) is 0 Å². The number of aromatic nitrogens is 1. The van der Waals surface area contributed by atoms with E-state index in [1.54, 1.807) is 60.9 Å². The Morgan fingerprint density at radius 2 is 1.88 bits per heavy atom. The normalized spacial score (nSPS) is 17.4. The number of rotatable bonds is 4. The average molecular weight is 506 g/mol. The third-order valence-corrected chi connectivity index (χ3v) is 10.5. The largest absolute Gasteiger partial charge is 0.354 e. The summed E-state index contributed by atoms with van der Waals surface area (Å²) in [6, 6.07) is 13.9. The molecule has 6 nitrogen and oxygen atoms in total. The number of nitrogens with one attached hydrogen (secondary N) is 1. The van der Waals surface area contributed by atoms with Gasteiger partial charge in [-0.15, -0.1) is 11.3 Å². The molecule has 2 aromatic heterocycles. The molecule has 10 heteroatoms. The Balaban J connectivity index is 1.72. The van der Waals surface area contributed by atoms with Gasteiger partial charge in [-0.25, -0.2) is 8.42 Å². The molecular formula is C22H17Cl2N3O3S2. The molecule has 0 radical (unpaired) electrons. The molecule has 0 bridgehead atoms. The highest BCUT2D eigenvalue weighted by Crippen LogP contribution is 2.46. The van der Waals surface area contributed by atoms with E-state index < -0.39 is 14.2 Å². The van der Waals surface area contributed by atoms with Crippen LogP contribution in [0.5, 0.6) is 0 Å². The summed E-state index contributed by atoms with van der Waals surface area (Å²) in [6.45, 7) is 0.468. The first-order chi connectivity index (χ1) is 15.3. The van der Waals surface area contributed by atoms with Crippen LogP contribution in [0.25, 0.3) is 20.9 Å². The van der Waals surface area contributed by atoms with Crippen LogP contribution in [0, 0.1) is 0 Å². The number of hydrogen-bond donors (Lipinski definition) is 1. The molecule has 1 atom stereocenters. The van der Waals surface area contributed by atoms with Crippen LogP contribution >= 0.6 is 34.5 Å².